The molecular formula is C23H23FN2O2S. The topological polar surface area (TPSA) is 35.8 Å². The van der Waals surface area contributed by atoms with Crippen molar-refractivity contribution in [3.63, 3.8) is 0 Å². The van der Waals surface area contributed by atoms with Crippen molar-refractivity contribution in [1.29, 1.82) is 0 Å². The molecule has 1 atom stereocenters. The number of hydrogen-bond acceptors (Lipinski definition) is 4. The second-order valence-electron chi connectivity index (χ2n) is 6.91. The van der Waals surface area contributed by atoms with Gasteiger partial charge in [0.1, 0.15) is 23.9 Å². The Morgan fingerprint density at radius 3 is 2.62 bits per heavy atom. The van der Waals surface area contributed by atoms with E-state index in [4.69, 9.17) is 14.5 Å². The Bertz CT molecular complexity index is 967. The van der Waals surface area contributed by atoms with Crippen molar-refractivity contribution >= 4 is 17.7 Å². The molecule has 4 rings (SSSR count). The second kappa shape index (κ2) is 9.18. The number of hydrogen-bond donors (Lipinski definition) is 0. The van der Waals surface area contributed by atoms with Crippen LogP contribution in [0, 0.1) is 5.82 Å². The first-order valence-corrected chi connectivity index (χ1v) is 10.7. The normalized spacial score (nSPS) is 15.8. The van der Waals surface area contributed by atoms with Crippen LogP contribution in [0.2, 0.25) is 0 Å². The molecule has 0 saturated heterocycles. The number of aromatic nitrogens is 1. The van der Waals surface area contributed by atoms with Crippen LogP contribution in [0.15, 0.2) is 71.9 Å². The molecule has 0 radical (unpaired) electrons. The lowest BCUT2D eigenvalue weighted by Gasteiger charge is -2.09. The summed E-state index contributed by atoms with van der Waals surface area (Å²) < 4.78 is 26.2. The van der Waals surface area contributed by atoms with Crippen LogP contribution in [-0.2, 0) is 17.0 Å². The fraction of sp³-hybridized carbons (Fsp3) is 0.261. The SMILES string of the molecule is COc1ccc(Cn2cccc2C2=N[C@H](CSCc3ccc(F)cc3)CO2)cc1. The van der Waals surface area contributed by atoms with Crippen LogP contribution >= 0.6 is 11.8 Å². The van der Waals surface area contributed by atoms with Crippen molar-refractivity contribution in [2.75, 3.05) is 19.5 Å². The number of aliphatic imine (C=N–C) groups is 1. The molecule has 1 aromatic heterocycles. The van der Waals surface area contributed by atoms with Crippen molar-refractivity contribution in [2.24, 2.45) is 4.99 Å². The smallest absolute Gasteiger partial charge is 0.233 e. The maximum Gasteiger partial charge on any atom is 0.233 e. The Morgan fingerprint density at radius 2 is 1.86 bits per heavy atom. The van der Waals surface area contributed by atoms with E-state index in [0.29, 0.717) is 12.5 Å². The summed E-state index contributed by atoms with van der Waals surface area (Å²) in [6.07, 6.45) is 2.04. The minimum atomic E-state index is -0.199. The largest absolute Gasteiger partial charge is 0.497 e. The van der Waals surface area contributed by atoms with Gasteiger partial charge < -0.3 is 14.0 Å². The number of halogens is 1. The van der Waals surface area contributed by atoms with Crippen LogP contribution in [-0.4, -0.2) is 36.0 Å². The van der Waals surface area contributed by atoms with E-state index in [1.54, 1.807) is 18.9 Å². The molecule has 2 aromatic carbocycles. The Hall–Kier alpha value is -2.73. The number of benzene rings is 2. The third-order valence-corrected chi connectivity index (χ3v) is 5.92. The fourth-order valence-electron chi connectivity index (χ4n) is 3.21. The number of thioether (sulfide) groups is 1. The molecule has 6 heteroatoms. The molecule has 0 saturated carbocycles. The zero-order valence-electron chi connectivity index (χ0n) is 16.3. The molecule has 0 unspecified atom stereocenters. The molecule has 1 aliphatic heterocycles. The van der Waals surface area contributed by atoms with Crippen molar-refractivity contribution in [3.05, 3.63) is 89.5 Å². The van der Waals surface area contributed by atoms with Crippen molar-refractivity contribution in [1.82, 2.24) is 4.57 Å². The number of methoxy groups -OCH3 is 1. The quantitative estimate of drug-likeness (QED) is 0.537. The molecule has 150 valence electrons. The molecule has 4 nitrogen and oxygen atoms in total. The van der Waals surface area contributed by atoms with Crippen molar-refractivity contribution in [2.45, 2.75) is 18.3 Å². The van der Waals surface area contributed by atoms with Crippen LogP contribution in [0.1, 0.15) is 16.8 Å². The Labute approximate surface area is 174 Å². The van der Waals surface area contributed by atoms with Crippen LogP contribution in [0.4, 0.5) is 4.39 Å². The number of nitrogens with zero attached hydrogens (tertiary/aromatic N) is 2. The van der Waals surface area contributed by atoms with Crippen LogP contribution in [0.3, 0.4) is 0 Å². The zero-order chi connectivity index (χ0) is 20.1. The van der Waals surface area contributed by atoms with Gasteiger partial charge in [0.05, 0.1) is 13.2 Å². The van der Waals surface area contributed by atoms with E-state index in [2.05, 4.69) is 16.7 Å². The summed E-state index contributed by atoms with van der Waals surface area (Å²) in [7, 11) is 1.67. The summed E-state index contributed by atoms with van der Waals surface area (Å²) in [5.41, 5.74) is 3.30. The Morgan fingerprint density at radius 1 is 1.10 bits per heavy atom. The highest BCUT2D eigenvalue weighted by Gasteiger charge is 2.22. The van der Waals surface area contributed by atoms with Gasteiger partial charge in [-0.15, -0.1) is 0 Å². The highest BCUT2D eigenvalue weighted by atomic mass is 32.2. The molecule has 3 aromatic rings. The number of rotatable bonds is 8. The third kappa shape index (κ3) is 5.01. The molecule has 0 spiro atoms. The zero-order valence-corrected chi connectivity index (χ0v) is 17.1. The molecule has 29 heavy (non-hydrogen) atoms. The van der Waals surface area contributed by atoms with Crippen LogP contribution in [0.25, 0.3) is 0 Å². The van der Waals surface area contributed by atoms with Crippen molar-refractivity contribution in [3.8, 4) is 5.75 Å². The summed E-state index contributed by atoms with van der Waals surface area (Å²) in [4.78, 5) is 4.78. The summed E-state index contributed by atoms with van der Waals surface area (Å²) in [5.74, 6) is 3.08. The first-order valence-electron chi connectivity index (χ1n) is 9.52. The molecular weight excluding hydrogens is 387 g/mol. The lowest BCUT2D eigenvalue weighted by Crippen LogP contribution is -2.11. The van der Waals surface area contributed by atoms with Crippen LogP contribution < -0.4 is 4.74 Å². The van der Waals surface area contributed by atoms with Crippen molar-refractivity contribution < 1.29 is 13.9 Å². The molecule has 2 heterocycles. The van der Waals surface area contributed by atoms with Gasteiger partial charge in [-0.1, -0.05) is 24.3 Å². The summed E-state index contributed by atoms with van der Waals surface area (Å²) in [6, 6.07) is 18.9. The predicted molar refractivity (Wildman–Crippen MR) is 115 cm³/mol. The first kappa shape index (κ1) is 19.6. The predicted octanol–water partition coefficient (Wildman–Crippen LogP) is 4.76. The van der Waals surface area contributed by atoms with Gasteiger partial charge in [-0.2, -0.15) is 11.8 Å². The van der Waals surface area contributed by atoms with Gasteiger partial charge in [-0.05, 0) is 47.5 Å². The maximum absolute atomic E-state index is 13.0. The molecule has 0 fully saturated rings. The van der Waals surface area contributed by atoms with E-state index < -0.39 is 0 Å². The minimum absolute atomic E-state index is 0.139. The second-order valence-corrected chi connectivity index (χ2v) is 7.94. The van der Waals surface area contributed by atoms with Crippen LogP contribution in [0.5, 0.6) is 5.75 Å². The van der Waals surface area contributed by atoms with Gasteiger partial charge in [0.2, 0.25) is 5.90 Å². The standard InChI is InChI=1S/C23H23FN2O2S/c1-27-21-10-6-17(7-11-21)13-26-12-2-3-22(26)23-25-20(14-28-23)16-29-15-18-4-8-19(24)9-5-18/h2-12,20H,13-16H2,1H3/t20-/m0/s1. The lowest BCUT2D eigenvalue weighted by molar-refractivity contribution is 0.323. The summed E-state index contributed by atoms with van der Waals surface area (Å²) in [6.45, 7) is 1.35. The van der Waals surface area contributed by atoms with Gasteiger partial charge in [0, 0.05) is 24.2 Å². The Kier molecular flexibility index (Phi) is 6.20. The Balaban J connectivity index is 1.35. The van der Waals surface area contributed by atoms with Gasteiger partial charge in [-0.3, -0.25) is 0 Å². The third-order valence-electron chi connectivity index (χ3n) is 4.77. The maximum atomic E-state index is 13.0. The van der Waals surface area contributed by atoms with Gasteiger partial charge in [0.15, 0.2) is 0 Å². The van der Waals surface area contributed by atoms with E-state index in [9.17, 15) is 4.39 Å². The summed E-state index contributed by atoms with van der Waals surface area (Å²) >= 11 is 1.79. The molecule has 0 bridgehead atoms. The lowest BCUT2D eigenvalue weighted by atomic mass is 10.2. The van der Waals surface area contributed by atoms with E-state index in [1.807, 2.05) is 42.6 Å². The average molecular weight is 411 g/mol. The molecule has 0 amide bonds. The highest BCUT2D eigenvalue weighted by Crippen LogP contribution is 2.20. The minimum Gasteiger partial charge on any atom is -0.497 e. The monoisotopic (exact) mass is 410 g/mol. The van der Waals surface area contributed by atoms with E-state index in [0.717, 1.165) is 35.1 Å². The highest BCUT2D eigenvalue weighted by molar-refractivity contribution is 7.98. The van der Waals surface area contributed by atoms with Gasteiger partial charge in [-0.25, -0.2) is 9.38 Å². The van der Waals surface area contributed by atoms with Gasteiger partial charge in [0.25, 0.3) is 0 Å². The average Bonchev–Trinajstić information content (AvgIpc) is 3.39. The van der Waals surface area contributed by atoms with E-state index in [-0.39, 0.29) is 11.9 Å². The summed E-state index contributed by atoms with van der Waals surface area (Å²) in [5, 5.41) is 0. The molecule has 1 aliphatic rings. The first-order chi connectivity index (χ1) is 14.2. The van der Waals surface area contributed by atoms with E-state index in [1.165, 1.54) is 17.7 Å². The molecule has 0 aliphatic carbocycles. The number of ether oxygens (including phenoxy) is 2. The molecule has 0 N–H and O–H groups in total. The van der Waals surface area contributed by atoms with Gasteiger partial charge >= 0.3 is 0 Å². The fourth-order valence-corrected chi connectivity index (χ4v) is 4.20. The van der Waals surface area contributed by atoms with E-state index >= 15 is 0 Å².